The molecule has 0 atom stereocenters. The molecule has 0 unspecified atom stereocenters. The van der Waals surface area contributed by atoms with Gasteiger partial charge in [0.25, 0.3) is 5.95 Å². The number of aliphatic hydroxyl groups is 1. The molecule has 2 N–H and O–H groups in total. The van der Waals surface area contributed by atoms with Crippen LogP contribution in [0.5, 0.6) is 6.01 Å². The van der Waals surface area contributed by atoms with Crippen LogP contribution in [-0.4, -0.2) is 54.6 Å². The molecular weight excluding hydrogens is 238 g/mol. The van der Waals surface area contributed by atoms with Crippen LogP contribution in [0.15, 0.2) is 12.7 Å². The average Bonchev–Trinajstić information content (AvgIpc) is 2.90. The number of hydrogen-bond donors (Lipinski definition) is 2. The minimum absolute atomic E-state index is 0.110. The van der Waals surface area contributed by atoms with Gasteiger partial charge in [-0.3, -0.25) is 0 Å². The van der Waals surface area contributed by atoms with Gasteiger partial charge in [0.1, 0.15) is 19.3 Å². The van der Waals surface area contributed by atoms with Crippen LogP contribution in [0.2, 0.25) is 0 Å². The number of anilines is 1. The number of ether oxygens (including phenoxy) is 1. The Morgan fingerprint density at radius 2 is 2.28 bits per heavy atom. The third-order valence-electron chi connectivity index (χ3n) is 1.88. The van der Waals surface area contributed by atoms with E-state index in [2.05, 4.69) is 30.4 Å². The van der Waals surface area contributed by atoms with E-state index in [0.717, 1.165) is 0 Å². The number of hydrogen-bond acceptors (Lipinski definition) is 8. The number of nitrogens with one attached hydrogen (secondary N) is 1. The summed E-state index contributed by atoms with van der Waals surface area (Å²) >= 11 is 0. The van der Waals surface area contributed by atoms with Gasteiger partial charge in [-0.05, 0) is 6.92 Å². The SMILES string of the molecule is CCNc1nc(OCCO)nc(-n2cncn2)n1. The predicted octanol–water partition coefficient (Wildman–Crippen LogP) is -0.745. The van der Waals surface area contributed by atoms with Crippen molar-refractivity contribution in [3.63, 3.8) is 0 Å². The first-order chi connectivity index (χ1) is 8.83. The van der Waals surface area contributed by atoms with Crippen molar-refractivity contribution in [3.05, 3.63) is 12.7 Å². The number of nitrogens with zero attached hydrogens (tertiary/aromatic N) is 6. The topological polar surface area (TPSA) is 111 Å². The van der Waals surface area contributed by atoms with Gasteiger partial charge in [-0.25, -0.2) is 4.98 Å². The van der Waals surface area contributed by atoms with Crippen LogP contribution in [0.4, 0.5) is 5.95 Å². The summed E-state index contributed by atoms with van der Waals surface area (Å²) < 4.78 is 6.56. The first kappa shape index (κ1) is 12.2. The molecule has 0 aliphatic carbocycles. The molecular formula is C9H13N7O2. The van der Waals surface area contributed by atoms with Gasteiger partial charge >= 0.3 is 6.01 Å². The Morgan fingerprint density at radius 1 is 1.39 bits per heavy atom. The molecule has 0 saturated heterocycles. The molecule has 2 aromatic heterocycles. The largest absolute Gasteiger partial charge is 0.461 e. The van der Waals surface area contributed by atoms with Crippen molar-refractivity contribution in [3.8, 4) is 12.0 Å². The summed E-state index contributed by atoms with van der Waals surface area (Å²) in [6.45, 7) is 2.60. The van der Waals surface area contributed by atoms with Gasteiger partial charge in [-0.2, -0.15) is 24.7 Å². The summed E-state index contributed by atoms with van der Waals surface area (Å²) in [5.41, 5.74) is 0. The van der Waals surface area contributed by atoms with Crippen molar-refractivity contribution in [1.29, 1.82) is 0 Å². The van der Waals surface area contributed by atoms with Gasteiger partial charge in [0, 0.05) is 6.54 Å². The quantitative estimate of drug-likeness (QED) is 0.690. The molecule has 0 radical (unpaired) electrons. The fraction of sp³-hybridized carbons (Fsp3) is 0.444. The predicted molar refractivity (Wildman–Crippen MR) is 61.5 cm³/mol. The van der Waals surface area contributed by atoms with Crippen LogP contribution < -0.4 is 10.1 Å². The van der Waals surface area contributed by atoms with Crippen molar-refractivity contribution in [2.24, 2.45) is 0 Å². The van der Waals surface area contributed by atoms with Crippen LogP contribution in [0.1, 0.15) is 6.92 Å². The zero-order valence-electron chi connectivity index (χ0n) is 9.81. The lowest BCUT2D eigenvalue weighted by atomic mass is 10.7. The molecule has 0 aliphatic rings. The Labute approximate surface area is 103 Å². The molecule has 9 heteroatoms. The molecule has 0 fully saturated rings. The lowest BCUT2D eigenvalue weighted by Crippen LogP contribution is -2.12. The molecule has 96 valence electrons. The number of rotatable bonds is 6. The van der Waals surface area contributed by atoms with Crippen LogP contribution in [0.25, 0.3) is 5.95 Å². The Balaban J connectivity index is 2.30. The normalized spacial score (nSPS) is 10.3. The van der Waals surface area contributed by atoms with E-state index in [-0.39, 0.29) is 19.2 Å². The van der Waals surface area contributed by atoms with E-state index in [4.69, 9.17) is 9.84 Å². The van der Waals surface area contributed by atoms with E-state index >= 15 is 0 Å². The molecule has 2 rings (SSSR count). The van der Waals surface area contributed by atoms with Crippen LogP contribution >= 0.6 is 0 Å². The van der Waals surface area contributed by atoms with E-state index in [1.807, 2.05) is 6.92 Å². The molecule has 0 spiro atoms. The van der Waals surface area contributed by atoms with Crippen molar-refractivity contribution in [2.45, 2.75) is 6.92 Å². The molecule has 2 heterocycles. The number of aliphatic hydroxyl groups excluding tert-OH is 1. The van der Waals surface area contributed by atoms with Crippen molar-refractivity contribution in [1.82, 2.24) is 29.7 Å². The van der Waals surface area contributed by atoms with Crippen LogP contribution in [0, 0.1) is 0 Å². The highest BCUT2D eigenvalue weighted by molar-refractivity contribution is 5.29. The highest BCUT2D eigenvalue weighted by Crippen LogP contribution is 2.09. The van der Waals surface area contributed by atoms with Gasteiger partial charge in [0.2, 0.25) is 5.95 Å². The Hall–Kier alpha value is -2.29. The summed E-state index contributed by atoms with van der Waals surface area (Å²) in [4.78, 5) is 16.1. The van der Waals surface area contributed by atoms with Crippen LogP contribution in [-0.2, 0) is 0 Å². The smallest absolute Gasteiger partial charge is 0.323 e. The summed E-state index contributed by atoms with van der Waals surface area (Å²) in [7, 11) is 0. The van der Waals surface area contributed by atoms with Gasteiger partial charge in [0.15, 0.2) is 0 Å². The minimum Gasteiger partial charge on any atom is -0.461 e. The first-order valence-electron chi connectivity index (χ1n) is 5.42. The van der Waals surface area contributed by atoms with Crippen LogP contribution in [0.3, 0.4) is 0 Å². The molecule has 9 nitrogen and oxygen atoms in total. The minimum atomic E-state index is -0.110. The fourth-order valence-corrected chi connectivity index (χ4v) is 1.20. The Kier molecular flexibility index (Phi) is 3.97. The lowest BCUT2D eigenvalue weighted by molar-refractivity contribution is 0.191. The fourth-order valence-electron chi connectivity index (χ4n) is 1.20. The van der Waals surface area contributed by atoms with Gasteiger partial charge in [-0.15, -0.1) is 0 Å². The maximum atomic E-state index is 8.71. The second-order valence-electron chi connectivity index (χ2n) is 3.18. The van der Waals surface area contributed by atoms with Crippen molar-refractivity contribution in [2.75, 3.05) is 25.1 Å². The molecule has 18 heavy (non-hydrogen) atoms. The van der Waals surface area contributed by atoms with Crippen molar-refractivity contribution >= 4 is 5.95 Å². The van der Waals surface area contributed by atoms with Gasteiger partial charge < -0.3 is 15.2 Å². The monoisotopic (exact) mass is 251 g/mol. The zero-order valence-corrected chi connectivity index (χ0v) is 9.81. The van der Waals surface area contributed by atoms with E-state index < -0.39 is 0 Å². The van der Waals surface area contributed by atoms with Gasteiger partial charge in [-0.1, -0.05) is 0 Å². The summed E-state index contributed by atoms with van der Waals surface area (Å²) in [6, 6.07) is 0.125. The molecule has 0 bridgehead atoms. The molecule has 2 aromatic rings. The maximum Gasteiger partial charge on any atom is 0.323 e. The third kappa shape index (κ3) is 2.88. The average molecular weight is 251 g/mol. The lowest BCUT2D eigenvalue weighted by Gasteiger charge is -2.07. The van der Waals surface area contributed by atoms with E-state index in [1.54, 1.807) is 0 Å². The standard InChI is InChI=1S/C9H13N7O2/c1-2-11-7-13-8(16-6-10-5-12-16)15-9(14-7)18-4-3-17/h5-6,17H,2-4H2,1H3,(H,11,13,14,15). The molecule has 0 aliphatic heterocycles. The second-order valence-corrected chi connectivity index (χ2v) is 3.18. The Morgan fingerprint density at radius 3 is 2.94 bits per heavy atom. The maximum absolute atomic E-state index is 8.71. The highest BCUT2D eigenvalue weighted by atomic mass is 16.5. The summed E-state index contributed by atoms with van der Waals surface area (Å²) in [6.07, 6.45) is 2.85. The summed E-state index contributed by atoms with van der Waals surface area (Å²) in [5, 5.41) is 15.6. The molecule has 0 amide bonds. The third-order valence-corrected chi connectivity index (χ3v) is 1.88. The molecule has 0 aromatic carbocycles. The zero-order chi connectivity index (χ0) is 12.8. The highest BCUT2D eigenvalue weighted by Gasteiger charge is 2.09. The van der Waals surface area contributed by atoms with Crippen molar-refractivity contribution < 1.29 is 9.84 Å². The van der Waals surface area contributed by atoms with E-state index in [1.165, 1.54) is 17.3 Å². The van der Waals surface area contributed by atoms with Gasteiger partial charge in [0.05, 0.1) is 6.61 Å². The second kappa shape index (κ2) is 5.87. The number of aromatic nitrogens is 6. The first-order valence-corrected chi connectivity index (χ1v) is 5.42. The summed E-state index contributed by atoms with van der Waals surface area (Å²) in [5.74, 6) is 0.678. The Bertz CT molecular complexity index is 488. The van der Waals surface area contributed by atoms with E-state index in [9.17, 15) is 0 Å². The van der Waals surface area contributed by atoms with E-state index in [0.29, 0.717) is 18.4 Å². The molecule has 0 saturated carbocycles.